The number of benzene rings is 1. The maximum atomic E-state index is 12.5. The summed E-state index contributed by atoms with van der Waals surface area (Å²) >= 11 is 0. The molecule has 1 aromatic rings. The molecule has 0 radical (unpaired) electrons. The maximum absolute atomic E-state index is 12.5. The molecule has 0 saturated carbocycles. The van der Waals surface area contributed by atoms with Crippen LogP contribution >= 0.6 is 0 Å². The average Bonchev–Trinajstić information content (AvgIpc) is 2.69. The molecule has 2 heterocycles. The van der Waals surface area contributed by atoms with Crippen LogP contribution in [-0.4, -0.2) is 42.7 Å². The first-order valence-corrected chi connectivity index (χ1v) is 9.55. The summed E-state index contributed by atoms with van der Waals surface area (Å²) in [6.07, 6.45) is 11.1. The minimum absolute atomic E-state index is 0.233. The van der Waals surface area contributed by atoms with E-state index in [0.29, 0.717) is 18.4 Å². The third-order valence-corrected chi connectivity index (χ3v) is 5.30. The second-order valence-corrected chi connectivity index (χ2v) is 6.98. The van der Waals surface area contributed by atoms with Crippen molar-refractivity contribution in [2.24, 2.45) is 10.9 Å². The number of rotatable bonds is 6. The van der Waals surface area contributed by atoms with Crippen LogP contribution in [0.3, 0.4) is 0 Å². The van der Waals surface area contributed by atoms with Crippen LogP contribution in [0.5, 0.6) is 0 Å². The molecule has 0 N–H and O–H groups in total. The Kier molecular flexibility index (Phi) is 6.40. The van der Waals surface area contributed by atoms with Crippen molar-refractivity contribution < 1.29 is 4.79 Å². The zero-order valence-electron chi connectivity index (χ0n) is 15.2. The molecule has 4 nitrogen and oxygen atoms in total. The van der Waals surface area contributed by atoms with Crippen LogP contribution < -0.4 is 4.90 Å². The molecule has 0 bridgehead atoms. The minimum Gasteiger partial charge on any atom is -0.309 e. The molecule has 0 spiro atoms. The largest absolute Gasteiger partial charge is 0.309 e. The van der Waals surface area contributed by atoms with Gasteiger partial charge < -0.3 is 9.80 Å². The Balaban J connectivity index is 1.53. The normalized spacial score (nSPS) is 21.4. The van der Waals surface area contributed by atoms with Crippen molar-refractivity contribution in [2.45, 2.75) is 45.1 Å². The number of piperidine rings is 1. The second kappa shape index (κ2) is 8.95. The number of nitrogens with zero attached hydrogens (tertiary/aromatic N) is 3. The maximum Gasteiger partial charge on any atom is 0.226 e. The Hall–Kier alpha value is -1.94. The molecular weight excluding hydrogens is 310 g/mol. The third-order valence-electron chi connectivity index (χ3n) is 5.30. The topological polar surface area (TPSA) is 35.9 Å². The molecule has 25 heavy (non-hydrogen) atoms. The van der Waals surface area contributed by atoms with Crippen molar-refractivity contribution in [3.8, 4) is 0 Å². The lowest BCUT2D eigenvalue weighted by Gasteiger charge is -2.39. The molecule has 0 aromatic heterocycles. The number of hydrogen-bond acceptors (Lipinski definition) is 3. The summed E-state index contributed by atoms with van der Waals surface area (Å²) in [6, 6.07) is 10.5. The van der Waals surface area contributed by atoms with Gasteiger partial charge in [0.1, 0.15) is 0 Å². The number of allylic oxidation sites excluding steroid dienone is 1. The molecule has 1 amide bonds. The lowest BCUT2D eigenvalue weighted by molar-refractivity contribution is -0.119. The molecule has 3 rings (SSSR count). The van der Waals surface area contributed by atoms with Gasteiger partial charge in [0.2, 0.25) is 5.91 Å². The minimum atomic E-state index is 0.233. The molecule has 4 heteroatoms. The van der Waals surface area contributed by atoms with Gasteiger partial charge in [0, 0.05) is 43.7 Å². The molecule has 1 saturated heterocycles. The summed E-state index contributed by atoms with van der Waals surface area (Å²) < 4.78 is 0. The van der Waals surface area contributed by atoms with E-state index >= 15 is 0 Å². The van der Waals surface area contributed by atoms with E-state index in [0.717, 1.165) is 44.6 Å². The van der Waals surface area contributed by atoms with Crippen LogP contribution in [0.2, 0.25) is 0 Å². The Bertz CT molecular complexity index is 603. The highest BCUT2D eigenvalue weighted by molar-refractivity contribution is 5.93. The quantitative estimate of drug-likeness (QED) is 0.788. The van der Waals surface area contributed by atoms with Crippen LogP contribution in [-0.2, 0) is 4.79 Å². The van der Waals surface area contributed by atoms with Crippen molar-refractivity contribution >= 4 is 17.8 Å². The van der Waals surface area contributed by atoms with E-state index < -0.39 is 0 Å². The number of likely N-dealkylation sites (tertiary alicyclic amines) is 1. The number of hydrogen-bond donors (Lipinski definition) is 0. The van der Waals surface area contributed by atoms with Crippen LogP contribution in [0.25, 0.3) is 0 Å². The van der Waals surface area contributed by atoms with Gasteiger partial charge in [0.15, 0.2) is 0 Å². The predicted octanol–water partition coefficient (Wildman–Crippen LogP) is 3.89. The lowest BCUT2D eigenvalue weighted by Crippen LogP contribution is -2.47. The van der Waals surface area contributed by atoms with E-state index in [1.165, 1.54) is 6.42 Å². The summed E-state index contributed by atoms with van der Waals surface area (Å²) in [5.41, 5.74) is 1.04. The zero-order chi connectivity index (χ0) is 17.5. The third kappa shape index (κ3) is 4.79. The van der Waals surface area contributed by atoms with Crippen LogP contribution in [0.4, 0.5) is 5.69 Å². The number of amides is 1. The SMILES string of the molecule is CCC(=O)N(c1ccccc1)C1CCN(CCC2C=CN=CC2)CC1. The Morgan fingerprint density at radius 2 is 2.00 bits per heavy atom. The number of para-hydroxylation sites is 1. The van der Waals surface area contributed by atoms with Gasteiger partial charge in [-0.2, -0.15) is 0 Å². The van der Waals surface area contributed by atoms with Gasteiger partial charge in [0.05, 0.1) is 0 Å². The number of carbonyl (C=O) groups excluding carboxylic acids is 1. The predicted molar refractivity (Wildman–Crippen MR) is 104 cm³/mol. The van der Waals surface area contributed by atoms with Gasteiger partial charge in [-0.15, -0.1) is 0 Å². The smallest absolute Gasteiger partial charge is 0.226 e. The standard InChI is InChI=1S/C21H29N3O/c1-2-21(25)24(19-6-4-3-5-7-19)20-11-16-23(17-12-20)15-10-18-8-13-22-14-9-18/h3-8,13-14,18,20H,2,9-12,15-17H2,1H3. The van der Waals surface area contributed by atoms with Gasteiger partial charge in [0.25, 0.3) is 0 Å². The number of anilines is 1. The van der Waals surface area contributed by atoms with Gasteiger partial charge >= 0.3 is 0 Å². The molecule has 2 aliphatic rings. The molecule has 1 aromatic carbocycles. The summed E-state index contributed by atoms with van der Waals surface area (Å²) in [7, 11) is 0. The van der Waals surface area contributed by atoms with Gasteiger partial charge in [-0.1, -0.05) is 31.2 Å². The van der Waals surface area contributed by atoms with E-state index in [-0.39, 0.29) is 5.91 Å². The van der Waals surface area contributed by atoms with Crippen molar-refractivity contribution in [3.05, 3.63) is 42.6 Å². The van der Waals surface area contributed by atoms with Crippen molar-refractivity contribution in [3.63, 3.8) is 0 Å². The first-order chi connectivity index (χ1) is 12.3. The summed E-state index contributed by atoms with van der Waals surface area (Å²) in [5.74, 6) is 0.869. The van der Waals surface area contributed by atoms with Crippen molar-refractivity contribution in [1.29, 1.82) is 0 Å². The van der Waals surface area contributed by atoms with E-state index in [1.54, 1.807) is 0 Å². The lowest BCUT2D eigenvalue weighted by atomic mass is 9.98. The van der Waals surface area contributed by atoms with E-state index in [4.69, 9.17) is 0 Å². The monoisotopic (exact) mass is 339 g/mol. The Morgan fingerprint density at radius 3 is 2.64 bits per heavy atom. The van der Waals surface area contributed by atoms with Gasteiger partial charge in [-0.25, -0.2) is 0 Å². The van der Waals surface area contributed by atoms with E-state index in [2.05, 4.69) is 28.1 Å². The second-order valence-electron chi connectivity index (χ2n) is 6.98. The molecule has 134 valence electrons. The highest BCUT2D eigenvalue weighted by atomic mass is 16.2. The van der Waals surface area contributed by atoms with Crippen molar-refractivity contribution in [1.82, 2.24) is 4.90 Å². The molecule has 1 unspecified atom stereocenters. The molecular formula is C21H29N3O. The average molecular weight is 339 g/mol. The summed E-state index contributed by atoms with van der Waals surface area (Å²) in [5, 5.41) is 0. The van der Waals surface area contributed by atoms with Crippen LogP contribution in [0.15, 0.2) is 47.6 Å². The summed E-state index contributed by atoms with van der Waals surface area (Å²) in [4.78, 5) is 21.3. The fraction of sp³-hybridized carbons (Fsp3) is 0.524. The molecule has 1 atom stereocenters. The van der Waals surface area contributed by atoms with E-state index in [1.807, 2.05) is 42.4 Å². The first-order valence-electron chi connectivity index (χ1n) is 9.55. The first kappa shape index (κ1) is 17.9. The van der Waals surface area contributed by atoms with Crippen LogP contribution in [0.1, 0.15) is 39.0 Å². The van der Waals surface area contributed by atoms with Gasteiger partial charge in [-0.3, -0.25) is 9.79 Å². The Morgan fingerprint density at radius 1 is 1.24 bits per heavy atom. The number of carbonyl (C=O) groups is 1. The number of aliphatic imine (C=N–C) groups is 1. The highest BCUT2D eigenvalue weighted by Crippen LogP contribution is 2.25. The summed E-state index contributed by atoms with van der Waals surface area (Å²) in [6.45, 7) is 5.25. The molecule has 0 aliphatic carbocycles. The fourth-order valence-corrected chi connectivity index (χ4v) is 3.79. The molecule has 1 fully saturated rings. The Labute approximate surface area is 151 Å². The van der Waals surface area contributed by atoms with Crippen molar-refractivity contribution in [2.75, 3.05) is 24.5 Å². The fourth-order valence-electron chi connectivity index (χ4n) is 3.79. The molecule has 2 aliphatic heterocycles. The zero-order valence-corrected chi connectivity index (χ0v) is 15.2. The highest BCUT2D eigenvalue weighted by Gasteiger charge is 2.28. The van der Waals surface area contributed by atoms with Crippen LogP contribution in [0, 0.1) is 5.92 Å². The van der Waals surface area contributed by atoms with E-state index in [9.17, 15) is 4.79 Å². The van der Waals surface area contributed by atoms with Gasteiger partial charge in [-0.05, 0) is 50.3 Å².